The van der Waals surface area contributed by atoms with Gasteiger partial charge in [0.25, 0.3) is 0 Å². The molecule has 0 amide bonds. The van der Waals surface area contributed by atoms with E-state index in [4.69, 9.17) is 18.5 Å². The molecule has 0 heterocycles. The zero-order chi connectivity index (χ0) is 72.5. The van der Waals surface area contributed by atoms with Crippen molar-refractivity contribution in [2.45, 2.75) is 457 Å². The molecule has 0 bridgehead atoms. The van der Waals surface area contributed by atoms with Crippen LogP contribution in [0.25, 0.3) is 0 Å². The SMILES string of the molecule is CCCCCCC/C=C\C/C=C\C/C=C\CCCCCCCCCCCCCCCCCCCCCCCCCCCCC(=O)OC(COC(=O)CCCCCCCCCCCCCCCCCCCCCCCCC/C=C\C/C=C\CCCCCCC)COP(=O)(O)OCC[N+](C)(C)C. The van der Waals surface area contributed by atoms with Crippen LogP contribution in [0, 0.1) is 0 Å². The fourth-order valence-electron chi connectivity index (χ4n) is 13.3. The van der Waals surface area contributed by atoms with Crippen molar-refractivity contribution in [1.29, 1.82) is 0 Å². The van der Waals surface area contributed by atoms with Gasteiger partial charge in [-0.15, -0.1) is 0 Å². The minimum Gasteiger partial charge on any atom is -0.462 e. The van der Waals surface area contributed by atoms with Crippen molar-refractivity contribution in [3.05, 3.63) is 60.8 Å². The van der Waals surface area contributed by atoms with Gasteiger partial charge in [0.1, 0.15) is 19.8 Å². The number of hydrogen-bond acceptors (Lipinski definition) is 7. The molecule has 9 nitrogen and oxygen atoms in total. The van der Waals surface area contributed by atoms with Crippen molar-refractivity contribution >= 4 is 19.8 Å². The molecule has 0 aliphatic carbocycles. The van der Waals surface area contributed by atoms with Crippen LogP contribution in [0.2, 0.25) is 0 Å². The van der Waals surface area contributed by atoms with Crippen LogP contribution in [-0.2, 0) is 32.7 Å². The molecule has 0 fully saturated rings. The lowest BCUT2D eigenvalue weighted by atomic mass is 10.0. The molecule has 0 aromatic carbocycles. The maximum Gasteiger partial charge on any atom is 0.472 e. The van der Waals surface area contributed by atoms with E-state index in [1.165, 1.54) is 366 Å². The number of hydrogen-bond donors (Lipinski definition) is 1. The third kappa shape index (κ3) is 84.6. The van der Waals surface area contributed by atoms with Gasteiger partial charge in [-0.3, -0.25) is 18.6 Å². The topological polar surface area (TPSA) is 108 Å². The highest BCUT2D eigenvalue weighted by Crippen LogP contribution is 2.43. The Bertz CT molecular complexity index is 1870. The second-order valence-corrected chi connectivity index (χ2v) is 32.7. The summed E-state index contributed by atoms with van der Waals surface area (Å²) in [6, 6.07) is 0. The van der Waals surface area contributed by atoms with E-state index in [0.717, 1.165) is 51.4 Å². The number of phosphoric acid groups is 1. The summed E-state index contributed by atoms with van der Waals surface area (Å²) in [5.41, 5.74) is 0. The fraction of sp³-hybridized carbons (Fsp3) is 0.867. The van der Waals surface area contributed by atoms with Gasteiger partial charge < -0.3 is 18.9 Å². The summed E-state index contributed by atoms with van der Waals surface area (Å²) in [4.78, 5) is 36.1. The van der Waals surface area contributed by atoms with Gasteiger partial charge in [-0.05, 0) is 83.5 Å². The number of unbranched alkanes of at least 4 members (excludes halogenated alkanes) is 59. The standard InChI is InChI=1S/C90H170NO8P/c1-6-8-10-12-14-16-18-20-22-24-26-28-30-32-34-36-38-40-42-43-44-45-46-47-49-51-53-55-57-59-61-63-65-67-69-71-73-75-77-79-81-83-90(93)99-88(87-98-100(94,95)97-85-84-91(3,4)5)86-96-89(92)82-80-78-76-74-72-70-68-66-64-62-60-58-56-54-52-50-48-41-39-37-35-33-31-29-27-25-23-21-19-17-15-13-11-9-7-2/h18-21,24-27,30,32,88H,6-17,22-23,28-29,31,33-87H2,1-5H3/p+1/b20-18-,21-19-,26-24-,27-25-,32-30-. The normalized spacial score (nSPS) is 13.2. The summed E-state index contributed by atoms with van der Waals surface area (Å²) < 4.78 is 34.9. The number of quaternary nitrogens is 1. The number of ether oxygens (including phenoxy) is 2. The molecule has 0 saturated carbocycles. The van der Waals surface area contributed by atoms with E-state index in [1.54, 1.807) is 0 Å². The van der Waals surface area contributed by atoms with E-state index in [1.807, 2.05) is 21.1 Å². The van der Waals surface area contributed by atoms with Crippen LogP contribution in [0.15, 0.2) is 60.8 Å². The second-order valence-electron chi connectivity index (χ2n) is 31.3. The van der Waals surface area contributed by atoms with Crippen LogP contribution in [0.3, 0.4) is 0 Å². The zero-order valence-corrected chi connectivity index (χ0v) is 68.4. The van der Waals surface area contributed by atoms with Gasteiger partial charge >= 0.3 is 19.8 Å². The predicted molar refractivity (Wildman–Crippen MR) is 436 cm³/mol. The smallest absolute Gasteiger partial charge is 0.462 e. The van der Waals surface area contributed by atoms with Crippen LogP contribution in [0.5, 0.6) is 0 Å². The molecule has 10 heteroatoms. The average molecular weight is 1430 g/mol. The number of nitrogens with zero attached hydrogens (tertiary/aromatic N) is 1. The van der Waals surface area contributed by atoms with Gasteiger partial charge in [0.05, 0.1) is 27.7 Å². The minimum atomic E-state index is -4.40. The first-order valence-electron chi connectivity index (χ1n) is 44.0. The van der Waals surface area contributed by atoms with Gasteiger partial charge in [0, 0.05) is 12.8 Å². The van der Waals surface area contributed by atoms with Gasteiger partial charge in [-0.25, -0.2) is 4.57 Å². The summed E-state index contributed by atoms with van der Waals surface area (Å²) >= 11 is 0. The molecule has 2 atom stereocenters. The third-order valence-corrected chi connectivity index (χ3v) is 21.0. The number of carbonyl (C=O) groups is 2. The number of carbonyl (C=O) groups excluding carboxylic acids is 2. The Morgan fingerprint density at radius 2 is 0.540 bits per heavy atom. The molecule has 2 unspecified atom stereocenters. The van der Waals surface area contributed by atoms with E-state index in [2.05, 4.69) is 74.6 Å². The summed E-state index contributed by atoms with van der Waals surface area (Å²) in [6.45, 7) is 4.49. The maximum absolute atomic E-state index is 12.9. The summed E-state index contributed by atoms with van der Waals surface area (Å²) in [6.07, 6.45) is 110. The molecule has 1 N–H and O–H groups in total. The third-order valence-electron chi connectivity index (χ3n) is 20.0. The molecule has 100 heavy (non-hydrogen) atoms. The van der Waals surface area contributed by atoms with Gasteiger partial charge in [0.2, 0.25) is 0 Å². The van der Waals surface area contributed by atoms with Crippen molar-refractivity contribution in [2.75, 3.05) is 47.5 Å². The minimum absolute atomic E-state index is 0.0347. The molecule has 588 valence electrons. The molecule has 0 aliphatic heterocycles. The van der Waals surface area contributed by atoms with Crippen LogP contribution in [-0.4, -0.2) is 74.9 Å². The van der Waals surface area contributed by atoms with Crippen molar-refractivity contribution in [3.63, 3.8) is 0 Å². The highest BCUT2D eigenvalue weighted by molar-refractivity contribution is 7.47. The van der Waals surface area contributed by atoms with Crippen molar-refractivity contribution in [2.24, 2.45) is 0 Å². The molecule has 0 aromatic rings. The van der Waals surface area contributed by atoms with Crippen LogP contribution in [0.4, 0.5) is 0 Å². The molecular formula is C90H171NO8P+. The first kappa shape index (κ1) is 97.7. The molecule has 0 aliphatic rings. The van der Waals surface area contributed by atoms with Gasteiger partial charge in [-0.1, -0.05) is 415 Å². The van der Waals surface area contributed by atoms with E-state index >= 15 is 0 Å². The molecule has 0 radical (unpaired) electrons. The first-order valence-corrected chi connectivity index (χ1v) is 45.5. The van der Waals surface area contributed by atoms with Gasteiger partial charge in [0.15, 0.2) is 6.10 Å². The van der Waals surface area contributed by atoms with Crippen molar-refractivity contribution in [3.8, 4) is 0 Å². The molecule has 0 rings (SSSR count). The Balaban J connectivity index is 3.86. The number of likely N-dealkylation sites (N-methyl/N-ethyl adjacent to an activating group) is 1. The maximum atomic E-state index is 12.9. The summed E-state index contributed by atoms with van der Waals surface area (Å²) in [5, 5.41) is 0. The molecule has 0 saturated heterocycles. The molecule has 0 spiro atoms. The van der Waals surface area contributed by atoms with Gasteiger partial charge in [-0.2, -0.15) is 0 Å². The monoisotopic (exact) mass is 1430 g/mol. The Kier molecular flexibility index (Phi) is 78.9. The first-order chi connectivity index (χ1) is 49.0. The number of phosphoric ester groups is 1. The van der Waals surface area contributed by atoms with Crippen molar-refractivity contribution < 1.29 is 42.1 Å². The lowest BCUT2D eigenvalue weighted by molar-refractivity contribution is -0.870. The quantitative estimate of drug-likeness (QED) is 0.0211. The number of esters is 2. The highest BCUT2D eigenvalue weighted by atomic mass is 31.2. The van der Waals surface area contributed by atoms with Crippen molar-refractivity contribution in [1.82, 2.24) is 0 Å². The lowest BCUT2D eigenvalue weighted by Gasteiger charge is -2.24. The highest BCUT2D eigenvalue weighted by Gasteiger charge is 2.27. The Morgan fingerprint density at radius 3 is 0.800 bits per heavy atom. The van der Waals surface area contributed by atoms with Crippen LogP contribution >= 0.6 is 7.82 Å². The Labute approximate surface area is 623 Å². The summed E-state index contributed by atoms with van der Waals surface area (Å²) in [7, 11) is 1.50. The Hall–Kier alpha value is -2.29. The van der Waals surface area contributed by atoms with E-state index in [-0.39, 0.29) is 25.6 Å². The zero-order valence-electron chi connectivity index (χ0n) is 67.5. The molecular weight excluding hydrogens is 1250 g/mol. The van der Waals surface area contributed by atoms with E-state index in [0.29, 0.717) is 23.9 Å². The Morgan fingerprint density at radius 1 is 0.310 bits per heavy atom. The summed E-state index contributed by atoms with van der Waals surface area (Å²) in [5.74, 6) is -0.770. The van der Waals surface area contributed by atoms with E-state index in [9.17, 15) is 19.0 Å². The fourth-order valence-corrected chi connectivity index (χ4v) is 14.0. The lowest BCUT2D eigenvalue weighted by Crippen LogP contribution is -2.37. The van der Waals surface area contributed by atoms with E-state index < -0.39 is 26.5 Å². The predicted octanol–water partition coefficient (Wildman–Crippen LogP) is 29.6. The average Bonchev–Trinajstić information content (AvgIpc) is 1.30. The van der Waals surface area contributed by atoms with Crippen LogP contribution in [0.1, 0.15) is 450 Å². The largest absolute Gasteiger partial charge is 0.472 e. The number of rotatable bonds is 83. The number of allylic oxidation sites excluding steroid dienone is 10. The molecule has 0 aromatic heterocycles. The van der Waals surface area contributed by atoms with Crippen LogP contribution < -0.4 is 0 Å². The second kappa shape index (κ2) is 80.8.